The van der Waals surface area contributed by atoms with E-state index in [9.17, 15) is 9.59 Å². The molecule has 0 spiro atoms. The van der Waals surface area contributed by atoms with E-state index in [2.05, 4.69) is 15.2 Å². The SMILES string of the molecule is Cc1cc(NC(=O)CN(C)C(=O)OCCO)no1. The summed E-state index contributed by atoms with van der Waals surface area (Å²) in [5.41, 5.74) is 0. The number of hydrogen-bond acceptors (Lipinski definition) is 6. The number of likely N-dealkylation sites (N-methyl/N-ethyl adjacent to an activating group) is 1. The third-order valence-corrected chi connectivity index (χ3v) is 1.90. The molecule has 1 aromatic heterocycles. The van der Waals surface area contributed by atoms with Gasteiger partial charge in [-0.15, -0.1) is 0 Å². The smallest absolute Gasteiger partial charge is 0.410 e. The summed E-state index contributed by atoms with van der Waals surface area (Å²) < 4.78 is 9.40. The summed E-state index contributed by atoms with van der Waals surface area (Å²) in [7, 11) is 1.41. The lowest BCUT2D eigenvalue weighted by atomic mass is 10.4. The van der Waals surface area contributed by atoms with Crippen LogP contribution in [0.4, 0.5) is 10.6 Å². The molecule has 2 amide bonds. The van der Waals surface area contributed by atoms with Crippen LogP contribution >= 0.6 is 0 Å². The molecule has 0 aromatic carbocycles. The first-order chi connectivity index (χ1) is 8.52. The van der Waals surface area contributed by atoms with E-state index in [0.29, 0.717) is 5.76 Å². The molecule has 8 heteroatoms. The summed E-state index contributed by atoms with van der Waals surface area (Å²) in [4.78, 5) is 23.9. The molecule has 8 nitrogen and oxygen atoms in total. The van der Waals surface area contributed by atoms with Gasteiger partial charge in [-0.2, -0.15) is 0 Å². The Balaban J connectivity index is 2.37. The molecule has 0 aliphatic heterocycles. The van der Waals surface area contributed by atoms with Crippen LogP contribution in [0.2, 0.25) is 0 Å². The van der Waals surface area contributed by atoms with Crippen molar-refractivity contribution >= 4 is 17.8 Å². The van der Waals surface area contributed by atoms with Crippen LogP contribution in [0.3, 0.4) is 0 Å². The second-order valence-corrected chi connectivity index (χ2v) is 3.57. The summed E-state index contributed by atoms with van der Waals surface area (Å²) >= 11 is 0. The van der Waals surface area contributed by atoms with E-state index in [0.717, 1.165) is 4.90 Å². The van der Waals surface area contributed by atoms with Crippen molar-refractivity contribution in [2.75, 3.05) is 32.1 Å². The van der Waals surface area contributed by atoms with E-state index < -0.39 is 12.0 Å². The number of nitrogens with one attached hydrogen (secondary N) is 1. The second kappa shape index (κ2) is 6.60. The van der Waals surface area contributed by atoms with Gasteiger partial charge in [0.1, 0.15) is 18.9 Å². The number of aliphatic hydroxyl groups excluding tert-OH is 1. The molecule has 0 bridgehead atoms. The minimum Gasteiger partial charge on any atom is -0.447 e. The van der Waals surface area contributed by atoms with E-state index in [1.54, 1.807) is 13.0 Å². The zero-order valence-corrected chi connectivity index (χ0v) is 10.2. The number of rotatable bonds is 5. The van der Waals surface area contributed by atoms with Crippen LogP contribution in [0.15, 0.2) is 10.6 Å². The highest BCUT2D eigenvalue weighted by molar-refractivity contribution is 5.92. The maximum Gasteiger partial charge on any atom is 0.410 e. The van der Waals surface area contributed by atoms with E-state index >= 15 is 0 Å². The van der Waals surface area contributed by atoms with Crippen molar-refractivity contribution in [3.05, 3.63) is 11.8 Å². The van der Waals surface area contributed by atoms with Crippen LogP contribution in [0, 0.1) is 6.92 Å². The van der Waals surface area contributed by atoms with Gasteiger partial charge in [-0.1, -0.05) is 5.16 Å². The number of ether oxygens (including phenoxy) is 1. The summed E-state index contributed by atoms with van der Waals surface area (Å²) in [6, 6.07) is 1.56. The number of amides is 2. The fraction of sp³-hybridized carbons (Fsp3) is 0.500. The molecule has 2 N–H and O–H groups in total. The highest BCUT2D eigenvalue weighted by Crippen LogP contribution is 2.06. The first-order valence-corrected chi connectivity index (χ1v) is 5.25. The lowest BCUT2D eigenvalue weighted by Crippen LogP contribution is -2.35. The minimum absolute atomic E-state index is 0.104. The average molecular weight is 257 g/mol. The first kappa shape index (κ1) is 14.0. The van der Waals surface area contributed by atoms with Gasteiger partial charge in [0.2, 0.25) is 5.91 Å². The topological polar surface area (TPSA) is 105 Å². The molecule has 0 aliphatic rings. The summed E-state index contributed by atoms with van der Waals surface area (Å²) in [6.45, 7) is 1.15. The molecule has 1 rings (SSSR count). The highest BCUT2D eigenvalue weighted by atomic mass is 16.6. The van der Waals surface area contributed by atoms with E-state index in [1.807, 2.05) is 0 Å². The molecule has 0 saturated heterocycles. The number of aliphatic hydroxyl groups is 1. The predicted molar refractivity (Wildman–Crippen MR) is 60.9 cm³/mol. The zero-order valence-electron chi connectivity index (χ0n) is 10.2. The Morgan fingerprint density at radius 2 is 2.33 bits per heavy atom. The van der Waals surface area contributed by atoms with Crippen molar-refractivity contribution < 1.29 is 24.0 Å². The molecule has 18 heavy (non-hydrogen) atoms. The van der Waals surface area contributed by atoms with Crippen molar-refractivity contribution in [3.8, 4) is 0 Å². The number of anilines is 1. The maximum atomic E-state index is 11.5. The summed E-state index contributed by atoms with van der Waals surface area (Å²) in [5.74, 6) is 0.433. The molecule has 0 radical (unpaired) electrons. The lowest BCUT2D eigenvalue weighted by Gasteiger charge is -2.15. The standard InChI is InChI=1S/C10H15N3O5/c1-7-5-8(12-18-7)11-9(15)6-13(2)10(16)17-4-3-14/h5,14H,3-4,6H2,1-2H3,(H,11,12,15). The molecule has 0 saturated carbocycles. The van der Waals surface area contributed by atoms with Gasteiger partial charge < -0.3 is 24.6 Å². The van der Waals surface area contributed by atoms with Crippen LogP contribution in [0.5, 0.6) is 0 Å². The quantitative estimate of drug-likeness (QED) is 0.768. The van der Waals surface area contributed by atoms with Gasteiger partial charge in [0.05, 0.1) is 6.61 Å². The van der Waals surface area contributed by atoms with Gasteiger partial charge in [-0.05, 0) is 6.92 Å². The molecular formula is C10H15N3O5. The Morgan fingerprint density at radius 3 is 2.89 bits per heavy atom. The van der Waals surface area contributed by atoms with Crippen LogP contribution in [0.1, 0.15) is 5.76 Å². The van der Waals surface area contributed by atoms with Crippen LogP contribution in [-0.4, -0.2) is 54.0 Å². The van der Waals surface area contributed by atoms with Gasteiger partial charge in [-0.25, -0.2) is 4.79 Å². The van der Waals surface area contributed by atoms with Gasteiger partial charge in [-0.3, -0.25) is 4.79 Å². The highest BCUT2D eigenvalue weighted by Gasteiger charge is 2.14. The molecule has 1 heterocycles. The van der Waals surface area contributed by atoms with Gasteiger partial charge >= 0.3 is 6.09 Å². The monoisotopic (exact) mass is 257 g/mol. The maximum absolute atomic E-state index is 11.5. The third kappa shape index (κ3) is 4.42. The number of aryl methyl sites for hydroxylation is 1. The van der Waals surface area contributed by atoms with Crippen molar-refractivity contribution in [1.82, 2.24) is 10.1 Å². The van der Waals surface area contributed by atoms with Crippen LogP contribution in [0.25, 0.3) is 0 Å². The molecule has 1 aromatic rings. The van der Waals surface area contributed by atoms with Crippen LogP contribution in [-0.2, 0) is 9.53 Å². The number of aromatic nitrogens is 1. The predicted octanol–water partition coefficient (Wildman–Crippen LogP) is -0.0178. The fourth-order valence-corrected chi connectivity index (χ4v) is 1.13. The molecule has 0 unspecified atom stereocenters. The number of nitrogens with zero attached hydrogens (tertiary/aromatic N) is 2. The average Bonchev–Trinajstić information content (AvgIpc) is 2.71. The Morgan fingerprint density at radius 1 is 1.61 bits per heavy atom. The van der Waals surface area contributed by atoms with Crippen molar-refractivity contribution in [1.29, 1.82) is 0 Å². The minimum atomic E-state index is -0.685. The van der Waals surface area contributed by atoms with Gasteiger partial charge in [0, 0.05) is 13.1 Å². The number of carbonyl (C=O) groups is 2. The molecule has 0 aliphatic carbocycles. The fourth-order valence-electron chi connectivity index (χ4n) is 1.13. The summed E-state index contributed by atoms with van der Waals surface area (Å²) in [5, 5.41) is 14.5. The summed E-state index contributed by atoms with van der Waals surface area (Å²) in [6.07, 6.45) is -0.685. The van der Waals surface area contributed by atoms with Gasteiger partial charge in [0.15, 0.2) is 5.82 Å². The largest absolute Gasteiger partial charge is 0.447 e. The number of carbonyl (C=O) groups excluding carboxylic acids is 2. The molecule has 100 valence electrons. The van der Waals surface area contributed by atoms with Crippen molar-refractivity contribution in [3.63, 3.8) is 0 Å². The Hall–Kier alpha value is -2.09. The molecule has 0 atom stereocenters. The van der Waals surface area contributed by atoms with E-state index in [1.165, 1.54) is 7.05 Å². The lowest BCUT2D eigenvalue weighted by molar-refractivity contribution is -0.116. The number of hydrogen-bond donors (Lipinski definition) is 2. The Labute approximate surface area is 103 Å². The van der Waals surface area contributed by atoms with Crippen molar-refractivity contribution in [2.45, 2.75) is 6.92 Å². The Kier molecular flexibility index (Phi) is 5.12. The molecule has 0 fully saturated rings. The Bertz CT molecular complexity index is 417. The zero-order chi connectivity index (χ0) is 13.5. The first-order valence-electron chi connectivity index (χ1n) is 5.25. The third-order valence-electron chi connectivity index (χ3n) is 1.90. The van der Waals surface area contributed by atoms with Crippen molar-refractivity contribution in [2.24, 2.45) is 0 Å². The van der Waals surface area contributed by atoms with E-state index in [4.69, 9.17) is 9.63 Å². The van der Waals surface area contributed by atoms with E-state index in [-0.39, 0.29) is 25.6 Å². The van der Waals surface area contributed by atoms with Crippen LogP contribution < -0.4 is 5.32 Å². The second-order valence-electron chi connectivity index (χ2n) is 3.57. The molecular weight excluding hydrogens is 242 g/mol. The normalized spacial score (nSPS) is 9.94. The van der Waals surface area contributed by atoms with Gasteiger partial charge in [0.25, 0.3) is 0 Å².